The molecular weight excluding hydrogens is 230 g/mol. The standard InChI is InChI=1S/C11H14ClNOS/c12-11-5-4-10(15-11)9(14)8-13-6-2-1-3-7-13/h4-5H,1-3,6-8H2. The summed E-state index contributed by atoms with van der Waals surface area (Å²) in [5, 5.41) is 0. The second-order valence-corrected chi connectivity index (χ2v) is 5.58. The lowest BCUT2D eigenvalue weighted by molar-refractivity contribution is 0.0920. The highest BCUT2D eigenvalue weighted by molar-refractivity contribution is 7.18. The minimum absolute atomic E-state index is 0.203. The Kier molecular flexibility index (Phi) is 3.78. The fourth-order valence-corrected chi connectivity index (χ4v) is 2.84. The number of Topliss-reactive ketones (excluding diaryl/α,β-unsaturated/α-hetero) is 1. The third-order valence-corrected chi connectivity index (χ3v) is 3.94. The highest BCUT2D eigenvalue weighted by Crippen LogP contribution is 2.22. The average molecular weight is 244 g/mol. The number of hydrogen-bond acceptors (Lipinski definition) is 3. The van der Waals surface area contributed by atoms with Gasteiger partial charge in [0.2, 0.25) is 0 Å². The van der Waals surface area contributed by atoms with E-state index in [0.717, 1.165) is 18.0 Å². The first-order valence-corrected chi connectivity index (χ1v) is 6.46. The molecule has 2 nitrogen and oxygen atoms in total. The highest BCUT2D eigenvalue weighted by atomic mass is 35.5. The van der Waals surface area contributed by atoms with Crippen LogP contribution in [0.2, 0.25) is 4.34 Å². The first-order valence-electron chi connectivity index (χ1n) is 5.26. The van der Waals surface area contributed by atoms with Crippen LogP contribution in [0.4, 0.5) is 0 Å². The largest absolute Gasteiger partial charge is 0.296 e. The van der Waals surface area contributed by atoms with Crippen LogP contribution in [-0.4, -0.2) is 30.3 Å². The van der Waals surface area contributed by atoms with E-state index in [1.165, 1.54) is 30.6 Å². The summed E-state index contributed by atoms with van der Waals surface area (Å²) < 4.78 is 0.692. The van der Waals surface area contributed by atoms with Gasteiger partial charge in [0.1, 0.15) is 0 Å². The van der Waals surface area contributed by atoms with Crippen LogP contribution < -0.4 is 0 Å². The fraction of sp³-hybridized carbons (Fsp3) is 0.545. The van der Waals surface area contributed by atoms with Crippen molar-refractivity contribution in [3.05, 3.63) is 21.3 Å². The zero-order chi connectivity index (χ0) is 10.7. The summed E-state index contributed by atoms with van der Waals surface area (Å²) in [5.74, 6) is 0.203. The fourth-order valence-electron chi connectivity index (χ4n) is 1.86. The minimum atomic E-state index is 0.203. The molecule has 0 radical (unpaired) electrons. The molecule has 0 saturated carbocycles. The third-order valence-electron chi connectivity index (χ3n) is 2.66. The Hall–Kier alpha value is -0.380. The van der Waals surface area contributed by atoms with Crippen molar-refractivity contribution < 1.29 is 4.79 Å². The number of carbonyl (C=O) groups is 1. The van der Waals surface area contributed by atoms with Gasteiger partial charge in [-0.05, 0) is 38.1 Å². The smallest absolute Gasteiger partial charge is 0.186 e. The van der Waals surface area contributed by atoms with Gasteiger partial charge in [-0.3, -0.25) is 9.69 Å². The SMILES string of the molecule is O=C(CN1CCCCC1)c1ccc(Cl)s1. The van der Waals surface area contributed by atoms with Crippen LogP contribution in [-0.2, 0) is 0 Å². The van der Waals surface area contributed by atoms with Gasteiger partial charge in [-0.25, -0.2) is 0 Å². The van der Waals surface area contributed by atoms with Gasteiger partial charge in [0.25, 0.3) is 0 Å². The molecule has 0 bridgehead atoms. The Bertz CT molecular complexity index is 344. The Balaban J connectivity index is 1.91. The molecule has 1 aliphatic rings. The number of ketones is 1. The van der Waals surface area contributed by atoms with Gasteiger partial charge in [0.15, 0.2) is 5.78 Å². The van der Waals surface area contributed by atoms with Crippen molar-refractivity contribution in [3.8, 4) is 0 Å². The van der Waals surface area contributed by atoms with Crippen LogP contribution in [0.15, 0.2) is 12.1 Å². The van der Waals surface area contributed by atoms with Crippen molar-refractivity contribution in [1.29, 1.82) is 0 Å². The molecule has 4 heteroatoms. The Morgan fingerprint density at radius 2 is 2.07 bits per heavy atom. The normalized spacial score (nSPS) is 17.9. The Labute approximate surface area is 98.8 Å². The topological polar surface area (TPSA) is 20.3 Å². The van der Waals surface area contributed by atoms with E-state index in [0.29, 0.717) is 10.9 Å². The molecule has 0 amide bonds. The van der Waals surface area contributed by atoms with Crippen molar-refractivity contribution in [2.24, 2.45) is 0 Å². The molecule has 15 heavy (non-hydrogen) atoms. The van der Waals surface area contributed by atoms with Crippen LogP contribution >= 0.6 is 22.9 Å². The summed E-state index contributed by atoms with van der Waals surface area (Å²) in [7, 11) is 0. The van der Waals surface area contributed by atoms with E-state index in [9.17, 15) is 4.79 Å². The lowest BCUT2D eigenvalue weighted by Crippen LogP contribution is -2.34. The predicted octanol–water partition coefficient (Wildman–Crippen LogP) is 3.07. The van der Waals surface area contributed by atoms with Gasteiger partial charge in [0.05, 0.1) is 15.8 Å². The maximum Gasteiger partial charge on any atom is 0.186 e. The number of piperidine rings is 1. The maximum atomic E-state index is 11.8. The molecular formula is C11H14ClNOS. The molecule has 1 saturated heterocycles. The second kappa shape index (κ2) is 5.10. The number of thiophene rings is 1. The van der Waals surface area contributed by atoms with E-state index in [4.69, 9.17) is 11.6 Å². The molecule has 0 aromatic carbocycles. The van der Waals surface area contributed by atoms with Gasteiger partial charge >= 0.3 is 0 Å². The van der Waals surface area contributed by atoms with E-state index in [2.05, 4.69) is 4.90 Å². The van der Waals surface area contributed by atoms with Crippen LogP contribution in [0.5, 0.6) is 0 Å². The van der Waals surface area contributed by atoms with Gasteiger partial charge in [-0.1, -0.05) is 18.0 Å². The summed E-state index contributed by atoms with van der Waals surface area (Å²) in [6.45, 7) is 2.67. The lowest BCUT2D eigenvalue weighted by Gasteiger charge is -2.25. The van der Waals surface area contributed by atoms with E-state index < -0.39 is 0 Å². The minimum Gasteiger partial charge on any atom is -0.296 e. The number of hydrogen-bond donors (Lipinski definition) is 0. The summed E-state index contributed by atoms with van der Waals surface area (Å²) in [6.07, 6.45) is 3.74. The molecule has 2 heterocycles. The van der Waals surface area contributed by atoms with Crippen molar-refractivity contribution in [2.75, 3.05) is 19.6 Å². The monoisotopic (exact) mass is 243 g/mol. The number of halogens is 1. The van der Waals surface area contributed by atoms with Crippen LogP contribution in [0.1, 0.15) is 28.9 Å². The van der Waals surface area contributed by atoms with E-state index in [1.807, 2.05) is 6.07 Å². The molecule has 0 spiro atoms. The van der Waals surface area contributed by atoms with E-state index >= 15 is 0 Å². The molecule has 0 unspecified atom stereocenters. The van der Waals surface area contributed by atoms with Gasteiger partial charge < -0.3 is 0 Å². The molecule has 1 aliphatic heterocycles. The molecule has 0 atom stereocenters. The quantitative estimate of drug-likeness (QED) is 0.761. The van der Waals surface area contributed by atoms with Crippen molar-refractivity contribution in [1.82, 2.24) is 4.90 Å². The Morgan fingerprint density at radius 1 is 1.33 bits per heavy atom. The zero-order valence-corrected chi connectivity index (χ0v) is 10.1. The van der Waals surface area contributed by atoms with E-state index in [-0.39, 0.29) is 5.78 Å². The van der Waals surface area contributed by atoms with Gasteiger partial charge in [-0.15, -0.1) is 11.3 Å². The van der Waals surface area contributed by atoms with Gasteiger partial charge in [0, 0.05) is 0 Å². The van der Waals surface area contributed by atoms with Crippen molar-refractivity contribution in [3.63, 3.8) is 0 Å². The summed E-state index contributed by atoms with van der Waals surface area (Å²) >= 11 is 7.17. The third kappa shape index (κ3) is 3.03. The molecule has 82 valence electrons. The van der Waals surface area contributed by atoms with E-state index in [1.54, 1.807) is 6.07 Å². The average Bonchev–Trinajstić information content (AvgIpc) is 2.66. The molecule has 2 rings (SSSR count). The Morgan fingerprint density at radius 3 is 2.67 bits per heavy atom. The van der Waals surface area contributed by atoms with Gasteiger partial charge in [-0.2, -0.15) is 0 Å². The highest BCUT2D eigenvalue weighted by Gasteiger charge is 2.16. The maximum absolute atomic E-state index is 11.8. The predicted molar refractivity (Wildman–Crippen MR) is 64.0 cm³/mol. The number of rotatable bonds is 3. The lowest BCUT2D eigenvalue weighted by atomic mass is 10.1. The second-order valence-electron chi connectivity index (χ2n) is 3.86. The molecule has 0 aliphatic carbocycles. The number of likely N-dealkylation sites (tertiary alicyclic amines) is 1. The summed E-state index contributed by atoms with van der Waals surface area (Å²) in [6, 6.07) is 3.61. The molecule has 1 aromatic rings. The first-order chi connectivity index (χ1) is 7.25. The van der Waals surface area contributed by atoms with Crippen molar-refractivity contribution in [2.45, 2.75) is 19.3 Å². The van der Waals surface area contributed by atoms with Crippen LogP contribution in [0, 0.1) is 0 Å². The summed E-state index contributed by atoms with van der Waals surface area (Å²) in [4.78, 5) is 14.9. The zero-order valence-electron chi connectivity index (χ0n) is 8.54. The molecule has 0 N–H and O–H groups in total. The molecule has 1 fully saturated rings. The summed E-state index contributed by atoms with van der Waals surface area (Å²) in [5.41, 5.74) is 0. The van der Waals surface area contributed by atoms with Crippen molar-refractivity contribution >= 4 is 28.7 Å². The van der Waals surface area contributed by atoms with Crippen LogP contribution in [0.3, 0.4) is 0 Å². The molecule has 1 aromatic heterocycles. The number of nitrogens with zero attached hydrogens (tertiary/aromatic N) is 1. The van der Waals surface area contributed by atoms with Crippen LogP contribution in [0.25, 0.3) is 0 Å². The first kappa shape index (κ1) is 11.1. The number of carbonyl (C=O) groups excluding carboxylic acids is 1.